The highest BCUT2D eigenvalue weighted by Gasteiger charge is 2.24. The van der Waals surface area contributed by atoms with Gasteiger partial charge in [-0.2, -0.15) is 10.2 Å². The predicted octanol–water partition coefficient (Wildman–Crippen LogP) is 6.39. The van der Waals surface area contributed by atoms with E-state index < -0.39 is 0 Å². The monoisotopic (exact) mass is 553 g/mol. The third-order valence-corrected chi connectivity index (χ3v) is 7.40. The lowest BCUT2D eigenvalue weighted by Gasteiger charge is -2.31. The molecule has 2 bridgehead atoms. The molecule has 5 rings (SSSR count). The normalized spacial score (nSPS) is 15.5. The van der Waals surface area contributed by atoms with E-state index in [1.807, 2.05) is 36.2 Å². The Kier molecular flexibility index (Phi) is 8.52. The predicted molar refractivity (Wildman–Crippen MR) is 165 cm³/mol. The SMILES string of the molecule is C=NN1CCCCOc2ncccc2-c2cc(c3c(n2)c(C)nn3C(C)C)N(Cc2ccc(OC)cc2)C/C1=C/C. The van der Waals surface area contributed by atoms with Crippen molar-refractivity contribution in [1.29, 1.82) is 0 Å². The number of hydrazone groups is 1. The molecule has 0 fully saturated rings. The number of methoxy groups -OCH3 is 1. The number of hydrogen-bond acceptors (Lipinski definition) is 8. The zero-order valence-electron chi connectivity index (χ0n) is 24.7. The van der Waals surface area contributed by atoms with Crippen LogP contribution in [0.15, 0.2) is 65.5 Å². The van der Waals surface area contributed by atoms with Crippen molar-refractivity contribution in [1.82, 2.24) is 24.8 Å². The number of nitrogens with zero attached hydrogens (tertiary/aromatic N) is 7. The number of allylic oxidation sites excluding steroid dienone is 1. The summed E-state index contributed by atoms with van der Waals surface area (Å²) in [6.07, 6.45) is 5.67. The second-order valence-electron chi connectivity index (χ2n) is 10.5. The molecule has 3 aromatic heterocycles. The molecule has 1 aliphatic rings. The fourth-order valence-corrected chi connectivity index (χ4v) is 5.25. The fraction of sp³-hybridized carbons (Fsp3) is 0.375. The Hall–Kier alpha value is -4.40. The van der Waals surface area contributed by atoms with Crippen molar-refractivity contribution in [3.05, 3.63) is 71.7 Å². The van der Waals surface area contributed by atoms with Gasteiger partial charge in [-0.05, 0) is 76.4 Å². The Morgan fingerprint density at radius 1 is 1.17 bits per heavy atom. The van der Waals surface area contributed by atoms with Crippen LogP contribution in [-0.4, -0.2) is 58.3 Å². The highest BCUT2D eigenvalue weighted by Crippen LogP contribution is 2.37. The highest BCUT2D eigenvalue weighted by molar-refractivity contribution is 5.93. The maximum atomic E-state index is 6.20. The average Bonchev–Trinajstić information content (AvgIpc) is 3.33. The maximum absolute atomic E-state index is 6.20. The summed E-state index contributed by atoms with van der Waals surface area (Å²) in [5.74, 6) is 1.42. The van der Waals surface area contributed by atoms with E-state index in [1.54, 1.807) is 13.3 Å². The Morgan fingerprint density at radius 2 is 1.98 bits per heavy atom. The summed E-state index contributed by atoms with van der Waals surface area (Å²) in [5.41, 5.74) is 7.70. The van der Waals surface area contributed by atoms with Crippen molar-refractivity contribution < 1.29 is 9.47 Å². The first-order valence-corrected chi connectivity index (χ1v) is 14.2. The molecule has 0 saturated heterocycles. The first-order valence-electron chi connectivity index (χ1n) is 14.2. The number of hydrogen-bond donors (Lipinski definition) is 0. The molecule has 0 saturated carbocycles. The second kappa shape index (κ2) is 12.4. The molecule has 0 N–H and O–H groups in total. The van der Waals surface area contributed by atoms with Gasteiger partial charge in [0.1, 0.15) is 16.8 Å². The lowest BCUT2D eigenvalue weighted by molar-refractivity contribution is 0.278. The van der Waals surface area contributed by atoms with Gasteiger partial charge < -0.3 is 14.4 Å². The van der Waals surface area contributed by atoms with Crippen molar-refractivity contribution in [2.75, 3.05) is 31.7 Å². The summed E-state index contributed by atoms with van der Waals surface area (Å²) < 4.78 is 13.7. The third kappa shape index (κ3) is 5.89. The zero-order valence-corrected chi connectivity index (χ0v) is 24.7. The van der Waals surface area contributed by atoms with Crippen LogP contribution in [0, 0.1) is 6.92 Å². The third-order valence-electron chi connectivity index (χ3n) is 7.40. The average molecular weight is 554 g/mol. The van der Waals surface area contributed by atoms with Crippen LogP contribution in [-0.2, 0) is 6.54 Å². The Balaban J connectivity index is 1.77. The number of ether oxygens (including phenoxy) is 2. The molecule has 4 aromatic rings. The van der Waals surface area contributed by atoms with Crippen LogP contribution in [0.4, 0.5) is 5.69 Å². The number of anilines is 1. The van der Waals surface area contributed by atoms with Crippen molar-refractivity contribution in [2.24, 2.45) is 5.10 Å². The smallest absolute Gasteiger partial charge is 0.222 e. The van der Waals surface area contributed by atoms with Gasteiger partial charge in [-0.3, -0.25) is 9.69 Å². The molecule has 0 amide bonds. The van der Waals surface area contributed by atoms with E-state index in [-0.39, 0.29) is 6.04 Å². The number of aromatic nitrogens is 4. The van der Waals surface area contributed by atoms with Crippen LogP contribution in [0.3, 0.4) is 0 Å². The number of aryl methyl sites for hydroxylation is 1. The number of rotatable bonds is 5. The topological polar surface area (TPSA) is 80.9 Å². The zero-order chi connectivity index (χ0) is 28.9. The molecule has 9 nitrogen and oxygen atoms in total. The molecular formula is C32H39N7O2. The van der Waals surface area contributed by atoms with Gasteiger partial charge in [0.2, 0.25) is 5.88 Å². The first kappa shape index (κ1) is 28.1. The molecule has 41 heavy (non-hydrogen) atoms. The molecule has 0 radical (unpaired) electrons. The van der Waals surface area contributed by atoms with Gasteiger partial charge in [0.05, 0.1) is 48.6 Å². The summed E-state index contributed by atoms with van der Waals surface area (Å²) in [4.78, 5) is 12.1. The standard InChI is InChI=1S/C32H39N7O2/c1-7-25-21-37(20-24-12-14-26(40-6)15-13-24)29-19-28(35-30-23(4)36-39(22(2)3)31(29)30)27-11-10-16-34-32(27)41-18-9-8-17-38(25)33-5/h7,10-16,19,22H,5,8-9,17-18,20-21H2,1-4,6H3/b25-7-. The molecular weight excluding hydrogens is 514 g/mol. The lowest BCUT2D eigenvalue weighted by Crippen LogP contribution is -2.32. The van der Waals surface area contributed by atoms with Gasteiger partial charge in [0.15, 0.2) is 0 Å². The Morgan fingerprint density at radius 3 is 2.68 bits per heavy atom. The second-order valence-corrected chi connectivity index (χ2v) is 10.5. The molecule has 1 aromatic carbocycles. The van der Waals surface area contributed by atoms with Crippen molar-refractivity contribution in [3.8, 4) is 22.9 Å². The number of pyridine rings is 2. The quantitative estimate of drug-likeness (QED) is 0.265. The van der Waals surface area contributed by atoms with Gasteiger partial charge in [0, 0.05) is 32.0 Å². The minimum Gasteiger partial charge on any atom is -0.497 e. The molecule has 0 unspecified atom stereocenters. The summed E-state index contributed by atoms with van der Waals surface area (Å²) in [5, 5.41) is 11.3. The van der Waals surface area contributed by atoms with Crippen molar-refractivity contribution >= 4 is 23.4 Å². The van der Waals surface area contributed by atoms with E-state index >= 15 is 0 Å². The molecule has 9 heteroatoms. The van der Waals surface area contributed by atoms with Crippen LogP contribution in [0.2, 0.25) is 0 Å². The summed E-state index contributed by atoms with van der Waals surface area (Å²) in [6, 6.07) is 14.5. The van der Waals surface area contributed by atoms with E-state index in [9.17, 15) is 0 Å². The maximum Gasteiger partial charge on any atom is 0.222 e. The van der Waals surface area contributed by atoms with Gasteiger partial charge in [0.25, 0.3) is 0 Å². The fourth-order valence-electron chi connectivity index (χ4n) is 5.25. The molecule has 0 spiro atoms. The Bertz CT molecular complexity index is 1540. The van der Waals surface area contributed by atoms with Gasteiger partial charge in [-0.15, -0.1) is 0 Å². The van der Waals surface area contributed by atoms with Crippen LogP contribution in [0.5, 0.6) is 11.6 Å². The molecule has 0 aliphatic carbocycles. The molecule has 4 heterocycles. The van der Waals surface area contributed by atoms with Gasteiger partial charge >= 0.3 is 0 Å². The summed E-state index contributed by atoms with van der Waals surface area (Å²) in [6.45, 7) is 14.9. The molecule has 0 atom stereocenters. The first-order chi connectivity index (χ1) is 19.9. The lowest BCUT2D eigenvalue weighted by atomic mass is 10.1. The van der Waals surface area contributed by atoms with E-state index in [4.69, 9.17) is 19.6 Å². The largest absolute Gasteiger partial charge is 0.497 e. The minimum atomic E-state index is 0.149. The summed E-state index contributed by atoms with van der Waals surface area (Å²) >= 11 is 0. The minimum absolute atomic E-state index is 0.149. The van der Waals surface area contributed by atoms with E-state index in [0.717, 1.165) is 70.1 Å². The number of fused-ring (bicyclic) bond motifs is 6. The van der Waals surface area contributed by atoms with Crippen LogP contribution in [0.1, 0.15) is 50.9 Å². The van der Waals surface area contributed by atoms with Gasteiger partial charge in [-0.25, -0.2) is 9.97 Å². The summed E-state index contributed by atoms with van der Waals surface area (Å²) in [7, 11) is 1.69. The van der Waals surface area contributed by atoms with E-state index in [0.29, 0.717) is 25.6 Å². The van der Waals surface area contributed by atoms with Crippen molar-refractivity contribution in [2.45, 2.75) is 53.1 Å². The highest BCUT2D eigenvalue weighted by atomic mass is 16.5. The molecule has 1 aliphatic heterocycles. The van der Waals surface area contributed by atoms with Crippen LogP contribution >= 0.6 is 0 Å². The number of benzene rings is 1. The Labute approximate surface area is 242 Å². The van der Waals surface area contributed by atoms with Crippen LogP contribution in [0.25, 0.3) is 22.3 Å². The van der Waals surface area contributed by atoms with Crippen molar-refractivity contribution in [3.63, 3.8) is 0 Å². The van der Waals surface area contributed by atoms with E-state index in [2.05, 4.69) is 71.4 Å². The van der Waals surface area contributed by atoms with Gasteiger partial charge in [-0.1, -0.05) is 18.2 Å². The van der Waals surface area contributed by atoms with Crippen LogP contribution < -0.4 is 14.4 Å². The molecule has 214 valence electrons. The van der Waals surface area contributed by atoms with E-state index in [1.165, 1.54) is 0 Å².